The molecular weight excluding hydrogens is 546 g/mol. The largest absolute Gasteiger partial charge is 0.444 e. The zero-order valence-electron chi connectivity index (χ0n) is 24.1. The summed E-state index contributed by atoms with van der Waals surface area (Å²) in [6.45, 7) is 9.22. The summed E-state index contributed by atoms with van der Waals surface area (Å²) in [6, 6.07) is 8.19. The van der Waals surface area contributed by atoms with Crippen LogP contribution in [0.3, 0.4) is 0 Å². The molecule has 1 aromatic carbocycles. The van der Waals surface area contributed by atoms with Crippen LogP contribution in [-0.4, -0.2) is 58.5 Å². The summed E-state index contributed by atoms with van der Waals surface area (Å²) in [5.41, 5.74) is 2.07. The number of nitrogens with one attached hydrogen (secondary N) is 1. The van der Waals surface area contributed by atoms with Crippen molar-refractivity contribution in [3.63, 3.8) is 0 Å². The number of aromatic nitrogens is 2. The van der Waals surface area contributed by atoms with E-state index in [2.05, 4.69) is 14.9 Å². The molecule has 0 spiro atoms. The first-order chi connectivity index (χ1) is 19.0. The Labute approximate surface area is 245 Å². The van der Waals surface area contributed by atoms with Crippen molar-refractivity contribution >= 4 is 56.5 Å². The molecule has 0 bridgehead atoms. The fraction of sp³-hybridized carbons (Fsp3) is 0.567. The number of fused-ring (bicyclic) bond motifs is 1. The molecule has 10 heteroatoms. The number of aryl methyl sites for hydroxylation is 1. The first kappa shape index (κ1) is 28.7. The van der Waals surface area contributed by atoms with Crippen LogP contribution in [0.2, 0.25) is 5.02 Å². The number of benzene rings is 1. The van der Waals surface area contributed by atoms with Gasteiger partial charge in [0.05, 0.1) is 27.3 Å². The average molecular weight is 586 g/mol. The lowest BCUT2D eigenvalue weighted by atomic mass is 9.96. The van der Waals surface area contributed by atoms with Crippen LogP contribution in [0.1, 0.15) is 87.1 Å². The van der Waals surface area contributed by atoms with Gasteiger partial charge in [0.15, 0.2) is 0 Å². The van der Waals surface area contributed by atoms with Crippen LogP contribution < -0.4 is 10.2 Å². The van der Waals surface area contributed by atoms with E-state index in [1.165, 1.54) is 30.6 Å². The highest BCUT2D eigenvalue weighted by Crippen LogP contribution is 2.36. The quantitative estimate of drug-likeness (QED) is 0.332. The normalized spacial score (nSPS) is 17.3. The van der Waals surface area contributed by atoms with Crippen molar-refractivity contribution in [1.29, 1.82) is 0 Å². The molecule has 3 heterocycles. The number of amides is 2. The summed E-state index contributed by atoms with van der Waals surface area (Å²) in [6.07, 6.45) is 7.44. The summed E-state index contributed by atoms with van der Waals surface area (Å²) in [5, 5.41) is 9.50. The number of ether oxygens (including phenoxy) is 1. The Morgan fingerprint density at radius 2 is 1.80 bits per heavy atom. The molecule has 8 nitrogen and oxygen atoms in total. The molecule has 1 saturated carbocycles. The Balaban J connectivity index is 1.21. The first-order valence-corrected chi connectivity index (χ1v) is 15.5. The van der Waals surface area contributed by atoms with Gasteiger partial charge in [0.2, 0.25) is 0 Å². The van der Waals surface area contributed by atoms with Crippen LogP contribution in [0, 0.1) is 6.92 Å². The molecule has 2 fully saturated rings. The molecule has 0 atom stereocenters. The number of carbonyl (C=O) groups excluding carboxylic acids is 2. The smallest absolute Gasteiger partial charge is 0.410 e. The molecule has 3 aromatic rings. The first-order valence-electron chi connectivity index (χ1n) is 14.3. The summed E-state index contributed by atoms with van der Waals surface area (Å²) in [4.78, 5) is 31.4. The molecule has 2 aromatic heterocycles. The molecule has 1 saturated heterocycles. The molecule has 1 aliphatic carbocycles. The van der Waals surface area contributed by atoms with Crippen LogP contribution in [0.4, 0.5) is 16.2 Å². The molecule has 40 heavy (non-hydrogen) atoms. The van der Waals surface area contributed by atoms with Crippen LogP contribution in [0.5, 0.6) is 0 Å². The molecule has 216 valence electrons. The van der Waals surface area contributed by atoms with Crippen LogP contribution >= 0.6 is 22.9 Å². The minimum Gasteiger partial charge on any atom is -0.444 e. The maximum Gasteiger partial charge on any atom is 0.410 e. The number of anilines is 2. The number of rotatable bonds is 5. The van der Waals surface area contributed by atoms with Crippen molar-refractivity contribution in [3.05, 3.63) is 39.9 Å². The lowest BCUT2D eigenvalue weighted by Crippen LogP contribution is -2.47. The van der Waals surface area contributed by atoms with Crippen molar-refractivity contribution in [2.45, 2.75) is 90.3 Å². The average Bonchev–Trinajstić information content (AvgIpc) is 3.49. The second-order valence-electron chi connectivity index (χ2n) is 12.1. The molecule has 0 unspecified atom stereocenters. The van der Waals surface area contributed by atoms with Crippen LogP contribution in [0.15, 0.2) is 24.3 Å². The summed E-state index contributed by atoms with van der Waals surface area (Å²) in [5.74, 6) is -0.134. The Bertz CT molecular complexity index is 1380. The van der Waals surface area contributed by atoms with Gasteiger partial charge in [0, 0.05) is 37.3 Å². The number of nitrogens with zero attached hydrogens (tertiary/aromatic N) is 4. The van der Waals surface area contributed by atoms with E-state index in [1.807, 2.05) is 59.0 Å². The zero-order valence-corrected chi connectivity index (χ0v) is 25.7. The molecule has 2 aliphatic rings. The third-order valence-electron chi connectivity index (χ3n) is 7.95. The van der Waals surface area contributed by atoms with Crippen molar-refractivity contribution in [3.8, 4) is 0 Å². The Kier molecular flexibility index (Phi) is 8.34. The van der Waals surface area contributed by atoms with E-state index >= 15 is 0 Å². The maximum absolute atomic E-state index is 13.2. The van der Waals surface area contributed by atoms with Crippen molar-refractivity contribution < 1.29 is 14.3 Å². The van der Waals surface area contributed by atoms with E-state index in [0.717, 1.165) is 60.4 Å². The standard InChI is InChI=1S/C30H40ClN5O3S/c1-19-23-18-26(40-28(23)36(33-19)22-9-7-6-8-10-22)27(37)32-20-11-12-25(24(31)17-20)35-15-13-21(14-16-35)34(5)29(38)39-30(2,3)4/h11-12,17-18,21-22H,6-10,13-16H2,1-5H3,(H,32,37). The second kappa shape index (κ2) is 11.6. The molecule has 0 radical (unpaired) electrons. The van der Waals surface area contributed by atoms with Crippen molar-refractivity contribution in [2.24, 2.45) is 0 Å². The molecule has 2 amide bonds. The van der Waals surface area contributed by atoms with E-state index in [4.69, 9.17) is 21.4 Å². The number of halogens is 1. The van der Waals surface area contributed by atoms with E-state index in [0.29, 0.717) is 21.6 Å². The van der Waals surface area contributed by atoms with E-state index < -0.39 is 5.60 Å². The molecule has 1 N–H and O–H groups in total. The Morgan fingerprint density at radius 3 is 2.45 bits per heavy atom. The maximum atomic E-state index is 13.2. The van der Waals surface area contributed by atoms with E-state index in [-0.39, 0.29) is 18.0 Å². The molecular formula is C30H40ClN5O3S. The van der Waals surface area contributed by atoms with Crippen LogP contribution in [-0.2, 0) is 4.74 Å². The Morgan fingerprint density at radius 1 is 1.10 bits per heavy atom. The minimum absolute atomic E-state index is 0.124. The number of carbonyl (C=O) groups is 2. The van der Waals surface area contributed by atoms with Gasteiger partial charge in [-0.05, 0) is 77.6 Å². The highest BCUT2D eigenvalue weighted by Gasteiger charge is 2.29. The zero-order chi connectivity index (χ0) is 28.6. The van der Waals surface area contributed by atoms with Gasteiger partial charge in [-0.1, -0.05) is 30.9 Å². The summed E-state index contributed by atoms with van der Waals surface area (Å²) < 4.78 is 7.68. The third-order valence-corrected chi connectivity index (χ3v) is 9.38. The SMILES string of the molecule is Cc1nn(C2CCCCC2)c2sc(C(=O)Nc3ccc(N4CCC(N(C)C(=O)OC(C)(C)C)CC4)c(Cl)c3)cc12. The number of piperidine rings is 1. The van der Waals surface area contributed by atoms with Gasteiger partial charge in [0.25, 0.3) is 5.91 Å². The van der Waals surface area contributed by atoms with Gasteiger partial charge in [-0.15, -0.1) is 11.3 Å². The van der Waals surface area contributed by atoms with Gasteiger partial charge < -0.3 is 19.9 Å². The third kappa shape index (κ3) is 6.25. The fourth-order valence-corrected chi connectivity index (χ4v) is 7.20. The van der Waals surface area contributed by atoms with Gasteiger partial charge in [0.1, 0.15) is 10.4 Å². The van der Waals surface area contributed by atoms with Crippen LogP contribution in [0.25, 0.3) is 10.2 Å². The predicted octanol–water partition coefficient (Wildman–Crippen LogP) is 7.65. The lowest BCUT2D eigenvalue weighted by molar-refractivity contribution is 0.0201. The Hall–Kier alpha value is -2.78. The lowest BCUT2D eigenvalue weighted by Gasteiger charge is -2.38. The predicted molar refractivity (Wildman–Crippen MR) is 163 cm³/mol. The number of thiophene rings is 1. The van der Waals surface area contributed by atoms with Crippen molar-refractivity contribution in [1.82, 2.24) is 14.7 Å². The van der Waals surface area contributed by atoms with E-state index in [9.17, 15) is 9.59 Å². The van der Waals surface area contributed by atoms with Gasteiger partial charge in [-0.25, -0.2) is 4.79 Å². The minimum atomic E-state index is -0.511. The molecule has 5 rings (SSSR count). The number of hydrogen-bond donors (Lipinski definition) is 1. The summed E-state index contributed by atoms with van der Waals surface area (Å²) in [7, 11) is 1.81. The highest BCUT2D eigenvalue weighted by molar-refractivity contribution is 7.20. The highest BCUT2D eigenvalue weighted by atomic mass is 35.5. The van der Waals surface area contributed by atoms with Gasteiger partial charge >= 0.3 is 6.09 Å². The monoisotopic (exact) mass is 585 g/mol. The topological polar surface area (TPSA) is 79.7 Å². The fourth-order valence-electron chi connectivity index (χ4n) is 5.77. The van der Waals surface area contributed by atoms with E-state index in [1.54, 1.807) is 4.90 Å². The van der Waals surface area contributed by atoms with Gasteiger partial charge in [-0.2, -0.15) is 5.10 Å². The van der Waals surface area contributed by atoms with Gasteiger partial charge in [-0.3, -0.25) is 9.48 Å². The van der Waals surface area contributed by atoms with Crippen molar-refractivity contribution in [2.75, 3.05) is 30.4 Å². The molecule has 1 aliphatic heterocycles. The number of hydrogen-bond acceptors (Lipinski definition) is 6. The summed E-state index contributed by atoms with van der Waals surface area (Å²) >= 11 is 8.22. The second-order valence-corrected chi connectivity index (χ2v) is 13.5.